The standard InChI is InChI=1S/C9H10N4O2/c1-5(14)4-6-7-8(11-3-2-10-7)13-9(15)12-6/h2-3,6H,4H2,1H3,(H2,11,12,13,15). The lowest BCUT2D eigenvalue weighted by atomic mass is 10.1. The van der Waals surface area contributed by atoms with Gasteiger partial charge in [0.1, 0.15) is 11.5 Å². The van der Waals surface area contributed by atoms with Gasteiger partial charge in [-0.25, -0.2) is 9.78 Å². The van der Waals surface area contributed by atoms with E-state index in [1.807, 2.05) is 0 Å². The van der Waals surface area contributed by atoms with Crippen molar-refractivity contribution in [3.63, 3.8) is 0 Å². The van der Waals surface area contributed by atoms with E-state index in [2.05, 4.69) is 20.6 Å². The first kappa shape index (κ1) is 9.57. The van der Waals surface area contributed by atoms with E-state index >= 15 is 0 Å². The van der Waals surface area contributed by atoms with Crippen molar-refractivity contribution in [2.45, 2.75) is 19.4 Å². The maximum Gasteiger partial charge on any atom is 0.321 e. The van der Waals surface area contributed by atoms with Crippen LogP contribution in [0.3, 0.4) is 0 Å². The number of nitrogens with one attached hydrogen (secondary N) is 2. The van der Waals surface area contributed by atoms with Crippen LogP contribution in [0.1, 0.15) is 25.1 Å². The van der Waals surface area contributed by atoms with Gasteiger partial charge in [-0.15, -0.1) is 0 Å². The van der Waals surface area contributed by atoms with Crippen molar-refractivity contribution < 1.29 is 9.59 Å². The molecule has 0 radical (unpaired) electrons. The first-order valence-corrected chi connectivity index (χ1v) is 4.54. The summed E-state index contributed by atoms with van der Waals surface area (Å²) in [6, 6.07) is -0.728. The lowest BCUT2D eigenvalue weighted by molar-refractivity contribution is -0.117. The first-order chi connectivity index (χ1) is 7.16. The van der Waals surface area contributed by atoms with Gasteiger partial charge in [-0.2, -0.15) is 0 Å². The molecule has 78 valence electrons. The molecular formula is C9H10N4O2. The van der Waals surface area contributed by atoms with Crippen LogP contribution in [0.25, 0.3) is 0 Å². The molecule has 6 nitrogen and oxygen atoms in total. The molecule has 6 heteroatoms. The number of carbonyl (C=O) groups is 2. The Balaban J connectivity index is 2.33. The van der Waals surface area contributed by atoms with Crippen LogP contribution in [0.5, 0.6) is 0 Å². The molecule has 2 rings (SSSR count). The highest BCUT2D eigenvalue weighted by atomic mass is 16.2. The number of hydrogen-bond donors (Lipinski definition) is 2. The monoisotopic (exact) mass is 206 g/mol. The Morgan fingerprint density at radius 1 is 1.47 bits per heavy atom. The van der Waals surface area contributed by atoms with Gasteiger partial charge in [0, 0.05) is 18.8 Å². The third kappa shape index (κ3) is 1.93. The first-order valence-electron chi connectivity index (χ1n) is 4.54. The fraction of sp³-hybridized carbons (Fsp3) is 0.333. The van der Waals surface area contributed by atoms with E-state index in [0.717, 1.165) is 0 Å². The SMILES string of the molecule is CC(=O)CC1NC(=O)Nc2nccnc21. The third-order valence-electron chi connectivity index (χ3n) is 2.09. The number of amides is 2. The Labute approximate surface area is 86.1 Å². The molecule has 1 aliphatic rings. The molecule has 0 saturated carbocycles. The van der Waals surface area contributed by atoms with Gasteiger partial charge in [0.2, 0.25) is 0 Å². The van der Waals surface area contributed by atoms with Crippen LogP contribution in [-0.2, 0) is 4.79 Å². The third-order valence-corrected chi connectivity index (χ3v) is 2.09. The van der Waals surface area contributed by atoms with Crippen LogP contribution >= 0.6 is 0 Å². The number of ketones is 1. The van der Waals surface area contributed by atoms with E-state index in [1.165, 1.54) is 19.3 Å². The van der Waals surface area contributed by atoms with Crippen LogP contribution < -0.4 is 10.6 Å². The van der Waals surface area contributed by atoms with E-state index in [1.54, 1.807) is 0 Å². The summed E-state index contributed by atoms with van der Waals surface area (Å²) in [5.41, 5.74) is 0.604. The predicted octanol–water partition coefficient (Wildman–Crippen LogP) is 0.632. The molecule has 2 N–H and O–H groups in total. The lowest BCUT2D eigenvalue weighted by Crippen LogP contribution is -2.39. The molecular weight excluding hydrogens is 196 g/mol. The van der Waals surface area contributed by atoms with E-state index < -0.39 is 0 Å². The maximum absolute atomic E-state index is 11.2. The summed E-state index contributed by atoms with van der Waals surface area (Å²) in [6.07, 6.45) is 3.26. The molecule has 1 aliphatic heterocycles. The van der Waals surface area contributed by atoms with Crippen molar-refractivity contribution in [2.75, 3.05) is 5.32 Å². The van der Waals surface area contributed by atoms with Crippen LogP contribution in [0.2, 0.25) is 0 Å². The van der Waals surface area contributed by atoms with Gasteiger partial charge in [0.15, 0.2) is 5.82 Å². The number of fused-ring (bicyclic) bond motifs is 1. The minimum atomic E-state index is -0.375. The Morgan fingerprint density at radius 3 is 2.93 bits per heavy atom. The number of urea groups is 1. The second-order valence-electron chi connectivity index (χ2n) is 3.35. The molecule has 1 aromatic rings. The molecule has 0 spiro atoms. The minimum Gasteiger partial charge on any atom is -0.329 e. The quantitative estimate of drug-likeness (QED) is 0.743. The number of rotatable bonds is 2. The number of aromatic nitrogens is 2. The zero-order chi connectivity index (χ0) is 10.8. The van der Waals surface area contributed by atoms with Crippen LogP contribution in [-0.4, -0.2) is 21.8 Å². The minimum absolute atomic E-state index is 0.00111. The van der Waals surface area contributed by atoms with Crippen molar-refractivity contribution in [2.24, 2.45) is 0 Å². The molecule has 2 amide bonds. The zero-order valence-electron chi connectivity index (χ0n) is 8.15. The Morgan fingerprint density at radius 2 is 2.20 bits per heavy atom. The molecule has 0 fully saturated rings. The van der Waals surface area contributed by atoms with E-state index in [9.17, 15) is 9.59 Å². The molecule has 1 atom stereocenters. The fourth-order valence-electron chi connectivity index (χ4n) is 1.51. The van der Waals surface area contributed by atoms with E-state index in [-0.39, 0.29) is 24.3 Å². The van der Waals surface area contributed by atoms with Gasteiger partial charge in [-0.3, -0.25) is 15.1 Å². The molecule has 0 bridgehead atoms. The number of anilines is 1. The Kier molecular flexibility index (Phi) is 2.32. The number of nitrogens with zero attached hydrogens (tertiary/aromatic N) is 2. The predicted molar refractivity (Wildman–Crippen MR) is 52.2 cm³/mol. The highest BCUT2D eigenvalue weighted by Crippen LogP contribution is 2.24. The molecule has 15 heavy (non-hydrogen) atoms. The Bertz CT molecular complexity index is 418. The summed E-state index contributed by atoms with van der Waals surface area (Å²) in [5.74, 6) is 0.423. The molecule has 0 aliphatic carbocycles. The molecule has 0 saturated heterocycles. The Hall–Kier alpha value is -1.98. The van der Waals surface area contributed by atoms with Gasteiger partial charge in [0.25, 0.3) is 0 Å². The molecule has 0 aromatic carbocycles. The zero-order valence-corrected chi connectivity index (χ0v) is 8.15. The fourth-order valence-corrected chi connectivity index (χ4v) is 1.51. The molecule has 1 unspecified atom stereocenters. The second-order valence-corrected chi connectivity index (χ2v) is 3.35. The summed E-state index contributed by atoms with van der Waals surface area (Å²) in [4.78, 5) is 30.3. The van der Waals surface area contributed by atoms with Crippen molar-refractivity contribution in [3.05, 3.63) is 18.1 Å². The largest absolute Gasteiger partial charge is 0.329 e. The van der Waals surface area contributed by atoms with Crippen LogP contribution in [0, 0.1) is 0 Å². The summed E-state index contributed by atoms with van der Waals surface area (Å²) in [5, 5.41) is 5.16. The number of Topliss-reactive ketones (excluding diaryl/α,β-unsaturated/α-hetero) is 1. The van der Waals surface area contributed by atoms with Crippen molar-refractivity contribution >= 4 is 17.6 Å². The van der Waals surface area contributed by atoms with Crippen molar-refractivity contribution in [3.8, 4) is 0 Å². The summed E-state index contributed by atoms with van der Waals surface area (Å²) in [6.45, 7) is 1.48. The summed E-state index contributed by atoms with van der Waals surface area (Å²) in [7, 11) is 0. The average Bonchev–Trinajstić information content (AvgIpc) is 2.16. The highest BCUT2D eigenvalue weighted by molar-refractivity contribution is 5.92. The second kappa shape index (κ2) is 3.64. The van der Waals surface area contributed by atoms with Crippen molar-refractivity contribution in [1.29, 1.82) is 0 Å². The summed E-state index contributed by atoms with van der Waals surface area (Å²) < 4.78 is 0. The summed E-state index contributed by atoms with van der Waals surface area (Å²) >= 11 is 0. The topological polar surface area (TPSA) is 84.0 Å². The number of carbonyl (C=O) groups excluding carboxylic acids is 2. The van der Waals surface area contributed by atoms with E-state index in [0.29, 0.717) is 11.5 Å². The highest BCUT2D eigenvalue weighted by Gasteiger charge is 2.26. The van der Waals surface area contributed by atoms with Gasteiger partial charge in [0.05, 0.1) is 6.04 Å². The number of hydrogen-bond acceptors (Lipinski definition) is 4. The smallest absolute Gasteiger partial charge is 0.321 e. The van der Waals surface area contributed by atoms with Gasteiger partial charge in [-0.1, -0.05) is 0 Å². The average molecular weight is 206 g/mol. The van der Waals surface area contributed by atoms with Crippen LogP contribution in [0.15, 0.2) is 12.4 Å². The van der Waals surface area contributed by atoms with E-state index in [4.69, 9.17) is 0 Å². The van der Waals surface area contributed by atoms with Gasteiger partial charge < -0.3 is 5.32 Å². The molecule has 1 aromatic heterocycles. The van der Waals surface area contributed by atoms with Crippen molar-refractivity contribution in [1.82, 2.24) is 15.3 Å². The maximum atomic E-state index is 11.2. The van der Waals surface area contributed by atoms with Gasteiger partial charge >= 0.3 is 6.03 Å². The van der Waals surface area contributed by atoms with Gasteiger partial charge in [-0.05, 0) is 6.92 Å². The van der Waals surface area contributed by atoms with Crippen LogP contribution in [0.4, 0.5) is 10.6 Å². The lowest BCUT2D eigenvalue weighted by Gasteiger charge is -2.24. The molecule has 2 heterocycles. The normalized spacial score (nSPS) is 18.7.